The maximum atomic E-state index is 5.17. The van der Waals surface area contributed by atoms with Crippen molar-refractivity contribution in [3.05, 3.63) is 59.7 Å². The largest absolute Gasteiger partial charge is 0.497 e. The fraction of sp³-hybridized carbons (Fsp3) is 0.316. The van der Waals surface area contributed by atoms with E-state index < -0.39 is 0 Å². The Hall–Kier alpha value is -2.69. The summed E-state index contributed by atoms with van der Waals surface area (Å²) in [5.41, 5.74) is 2.43. The van der Waals surface area contributed by atoms with E-state index in [1.165, 1.54) is 11.1 Å². The average Bonchev–Trinajstić information content (AvgIpc) is 2.65. The first-order valence-electron chi connectivity index (χ1n) is 7.95. The Morgan fingerprint density at radius 3 is 1.88 bits per heavy atom. The quantitative estimate of drug-likeness (QED) is 0.606. The van der Waals surface area contributed by atoms with Gasteiger partial charge in [-0.2, -0.15) is 0 Å². The highest BCUT2D eigenvalue weighted by Crippen LogP contribution is 2.12. The summed E-state index contributed by atoms with van der Waals surface area (Å²) in [5.74, 6) is 2.53. The molecule has 2 aromatic carbocycles. The molecule has 0 radical (unpaired) electrons. The van der Waals surface area contributed by atoms with Gasteiger partial charge in [0.05, 0.1) is 14.2 Å². The standard InChI is InChI=1S/C19H25N3O2/c1-20-19(22-14-16-6-10-18(24-3)11-7-16)21-13-12-15-4-8-17(23-2)9-5-15/h4-11H,12-14H2,1-3H3,(H2,20,21,22). The lowest BCUT2D eigenvalue weighted by molar-refractivity contribution is 0.414. The minimum absolute atomic E-state index is 0.714. The summed E-state index contributed by atoms with van der Waals surface area (Å²) < 4.78 is 10.3. The predicted molar refractivity (Wildman–Crippen MR) is 97.9 cm³/mol. The lowest BCUT2D eigenvalue weighted by Gasteiger charge is -2.12. The summed E-state index contributed by atoms with van der Waals surface area (Å²) >= 11 is 0. The van der Waals surface area contributed by atoms with Crippen molar-refractivity contribution in [2.24, 2.45) is 4.99 Å². The van der Waals surface area contributed by atoms with Crippen molar-refractivity contribution in [1.82, 2.24) is 10.6 Å². The van der Waals surface area contributed by atoms with Gasteiger partial charge in [0, 0.05) is 20.1 Å². The molecule has 0 spiro atoms. The normalized spacial score (nSPS) is 11.0. The van der Waals surface area contributed by atoms with Gasteiger partial charge in [-0.15, -0.1) is 0 Å². The second-order valence-corrected chi connectivity index (χ2v) is 5.30. The highest BCUT2D eigenvalue weighted by atomic mass is 16.5. The number of ether oxygens (including phenoxy) is 2. The third kappa shape index (κ3) is 5.50. The molecule has 0 fully saturated rings. The van der Waals surface area contributed by atoms with Crippen molar-refractivity contribution in [3.8, 4) is 11.5 Å². The van der Waals surface area contributed by atoms with E-state index in [4.69, 9.17) is 9.47 Å². The van der Waals surface area contributed by atoms with Crippen LogP contribution in [0.5, 0.6) is 11.5 Å². The molecule has 0 aliphatic rings. The number of hydrogen-bond acceptors (Lipinski definition) is 3. The molecular formula is C19H25N3O2. The van der Waals surface area contributed by atoms with Gasteiger partial charge in [0.2, 0.25) is 0 Å². The Kier molecular flexibility index (Phi) is 6.95. The first kappa shape index (κ1) is 17.7. The summed E-state index contributed by atoms with van der Waals surface area (Å²) in [4.78, 5) is 4.25. The predicted octanol–water partition coefficient (Wildman–Crippen LogP) is 2.61. The van der Waals surface area contributed by atoms with Crippen LogP contribution in [-0.4, -0.2) is 33.8 Å². The van der Waals surface area contributed by atoms with Gasteiger partial charge >= 0.3 is 0 Å². The van der Waals surface area contributed by atoms with Crippen molar-refractivity contribution >= 4 is 5.96 Å². The molecule has 128 valence electrons. The second-order valence-electron chi connectivity index (χ2n) is 5.30. The number of hydrogen-bond donors (Lipinski definition) is 2. The molecule has 2 aromatic rings. The van der Waals surface area contributed by atoms with Crippen molar-refractivity contribution in [1.29, 1.82) is 0 Å². The Morgan fingerprint density at radius 1 is 0.833 bits per heavy atom. The summed E-state index contributed by atoms with van der Waals surface area (Å²) in [6.07, 6.45) is 0.924. The molecule has 5 nitrogen and oxygen atoms in total. The highest BCUT2D eigenvalue weighted by molar-refractivity contribution is 5.79. The first-order chi connectivity index (χ1) is 11.7. The Balaban J connectivity index is 1.75. The van der Waals surface area contributed by atoms with Crippen molar-refractivity contribution < 1.29 is 9.47 Å². The lowest BCUT2D eigenvalue weighted by atomic mass is 10.1. The first-order valence-corrected chi connectivity index (χ1v) is 7.95. The zero-order valence-corrected chi connectivity index (χ0v) is 14.5. The van der Waals surface area contributed by atoms with Crippen molar-refractivity contribution in [2.75, 3.05) is 27.8 Å². The van der Waals surface area contributed by atoms with Crippen LogP contribution in [0.3, 0.4) is 0 Å². The van der Waals surface area contributed by atoms with E-state index in [1.54, 1.807) is 21.3 Å². The van der Waals surface area contributed by atoms with Crippen molar-refractivity contribution in [3.63, 3.8) is 0 Å². The topological polar surface area (TPSA) is 54.9 Å². The molecule has 0 atom stereocenters. The van der Waals surface area contributed by atoms with Crippen LogP contribution < -0.4 is 20.1 Å². The molecule has 2 rings (SSSR count). The number of guanidine groups is 1. The molecule has 0 saturated carbocycles. The molecule has 0 aliphatic carbocycles. The van der Waals surface area contributed by atoms with Gasteiger partial charge in [-0.25, -0.2) is 0 Å². The molecule has 0 aliphatic heterocycles. The average molecular weight is 327 g/mol. The fourth-order valence-electron chi connectivity index (χ4n) is 2.27. The minimum Gasteiger partial charge on any atom is -0.497 e. The van der Waals surface area contributed by atoms with Gasteiger partial charge in [0.15, 0.2) is 5.96 Å². The molecule has 0 saturated heterocycles. The second kappa shape index (κ2) is 9.45. The molecule has 5 heteroatoms. The SMILES string of the molecule is CN=C(NCCc1ccc(OC)cc1)NCc1ccc(OC)cc1. The van der Waals surface area contributed by atoms with Crippen LogP contribution >= 0.6 is 0 Å². The molecule has 0 heterocycles. The smallest absolute Gasteiger partial charge is 0.191 e. The zero-order valence-electron chi connectivity index (χ0n) is 14.5. The van der Waals surface area contributed by atoms with Crippen LogP contribution in [0, 0.1) is 0 Å². The molecule has 0 aromatic heterocycles. The number of nitrogens with zero attached hydrogens (tertiary/aromatic N) is 1. The Labute approximate surface area is 143 Å². The van der Waals surface area contributed by atoms with Crippen LogP contribution in [0.2, 0.25) is 0 Å². The fourth-order valence-corrected chi connectivity index (χ4v) is 2.27. The molecule has 0 amide bonds. The van der Waals surface area contributed by atoms with Gasteiger partial charge in [-0.05, 0) is 41.8 Å². The summed E-state index contributed by atoms with van der Waals surface area (Å²) in [6, 6.07) is 16.1. The van der Waals surface area contributed by atoms with Crippen LogP contribution in [0.4, 0.5) is 0 Å². The Morgan fingerprint density at radius 2 is 1.38 bits per heavy atom. The van der Waals surface area contributed by atoms with E-state index in [0.29, 0.717) is 6.54 Å². The van der Waals surface area contributed by atoms with Gasteiger partial charge in [0.1, 0.15) is 11.5 Å². The lowest BCUT2D eigenvalue weighted by Crippen LogP contribution is -2.37. The Bertz CT molecular complexity index is 637. The van der Waals surface area contributed by atoms with Crippen LogP contribution in [-0.2, 0) is 13.0 Å². The number of aliphatic imine (C=N–C) groups is 1. The zero-order chi connectivity index (χ0) is 17.2. The van der Waals surface area contributed by atoms with Gasteiger partial charge in [0.25, 0.3) is 0 Å². The monoisotopic (exact) mass is 327 g/mol. The molecule has 0 bridgehead atoms. The number of methoxy groups -OCH3 is 2. The molecular weight excluding hydrogens is 302 g/mol. The van der Waals surface area contributed by atoms with E-state index in [1.807, 2.05) is 36.4 Å². The van der Waals surface area contributed by atoms with E-state index in [2.05, 4.69) is 27.8 Å². The third-order valence-corrected chi connectivity index (χ3v) is 3.71. The molecule has 24 heavy (non-hydrogen) atoms. The van der Waals surface area contributed by atoms with Crippen LogP contribution in [0.25, 0.3) is 0 Å². The van der Waals surface area contributed by atoms with Gasteiger partial charge < -0.3 is 20.1 Å². The van der Waals surface area contributed by atoms with E-state index in [-0.39, 0.29) is 0 Å². The maximum Gasteiger partial charge on any atom is 0.191 e. The van der Waals surface area contributed by atoms with E-state index in [0.717, 1.165) is 30.4 Å². The summed E-state index contributed by atoms with van der Waals surface area (Å²) in [5, 5.41) is 6.63. The summed E-state index contributed by atoms with van der Waals surface area (Å²) in [7, 11) is 5.12. The van der Waals surface area contributed by atoms with Gasteiger partial charge in [-0.3, -0.25) is 4.99 Å². The highest BCUT2D eigenvalue weighted by Gasteiger charge is 2.00. The van der Waals surface area contributed by atoms with Crippen LogP contribution in [0.15, 0.2) is 53.5 Å². The van der Waals surface area contributed by atoms with Crippen molar-refractivity contribution in [2.45, 2.75) is 13.0 Å². The van der Waals surface area contributed by atoms with Gasteiger partial charge in [-0.1, -0.05) is 24.3 Å². The van der Waals surface area contributed by atoms with E-state index in [9.17, 15) is 0 Å². The van der Waals surface area contributed by atoms with E-state index >= 15 is 0 Å². The number of nitrogens with one attached hydrogen (secondary N) is 2. The maximum absolute atomic E-state index is 5.17. The number of rotatable bonds is 7. The number of benzene rings is 2. The molecule has 0 unspecified atom stereocenters. The summed E-state index contributed by atoms with van der Waals surface area (Å²) in [6.45, 7) is 1.53. The molecule has 2 N–H and O–H groups in total. The minimum atomic E-state index is 0.714. The third-order valence-electron chi connectivity index (χ3n) is 3.71. The van der Waals surface area contributed by atoms with Crippen LogP contribution in [0.1, 0.15) is 11.1 Å².